The molecule has 6 nitrogen and oxygen atoms in total. The summed E-state index contributed by atoms with van der Waals surface area (Å²) in [5, 5.41) is 6.43. The lowest BCUT2D eigenvalue weighted by Gasteiger charge is -2.07. The van der Waals surface area contributed by atoms with Crippen LogP contribution < -0.4 is 16.6 Å². The highest BCUT2D eigenvalue weighted by atomic mass is 32.1. The summed E-state index contributed by atoms with van der Waals surface area (Å²) in [5.74, 6) is 6.65. The maximum Gasteiger partial charge on any atom is 0.240 e. The zero-order valence-corrected chi connectivity index (χ0v) is 12.5. The standard InChI is InChI=1S/C12H14N6S2/c1-7-4-9-10(14-3-2-8-5-19-6-15-8)16-12(18-13)17-11(9)20-7/h4-6H,2-3,13H2,1H3,(H2,14,16,17,18). The van der Waals surface area contributed by atoms with Gasteiger partial charge in [0.1, 0.15) is 10.6 Å². The minimum Gasteiger partial charge on any atom is -0.369 e. The zero-order valence-electron chi connectivity index (χ0n) is 10.9. The maximum absolute atomic E-state index is 5.42. The van der Waals surface area contributed by atoms with Gasteiger partial charge in [0.2, 0.25) is 5.95 Å². The van der Waals surface area contributed by atoms with Crippen molar-refractivity contribution in [2.75, 3.05) is 17.3 Å². The molecule has 3 aromatic heterocycles. The highest BCUT2D eigenvalue weighted by Gasteiger charge is 2.10. The Kier molecular flexibility index (Phi) is 3.77. The van der Waals surface area contributed by atoms with Crippen molar-refractivity contribution in [1.29, 1.82) is 0 Å². The van der Waals surface area contributed by atoms with Gasteiger partial charge in [-0.05, 0) is 13.0 Å². The van der Waals surface area contributed by atoms with Gasteiger partial charge in [0.25, 0.3) is 0 Å². The third-order valence-electron chi connectivity index (χ3n) is 2.80. The van der Waals surface area contributed by atoms with Crippen LogP contribution in [-0.2, 0) is 6.42 Å². The normalized spacial score (nSPS) is 10.9. The van der Waals surface area contributed by atoms with E-state index in [0.29, 0.717) is 5.95 Å². The minimum atomic E-state index is 0.426. The summed E-state index contributed by atoms with van der Waals surface area (Å²) in [5.41, 5.74) is 5.44. The summed E-state index contributed by atoms with van der Waals surface area (Å²) in [4.78, 5) is 15.1. The first kappa shape index (κ1) is 13.2. The summed E-state index contributed by atoms with van der Waals surface area (Å²) in [6, 6.07) is 2.09. The van der Waals surface area contributed by atoms with Crippen LogP contribution in [0.2, 0.25) is 0 Å². The molecule has 3 aromatic rings. The van der Waals surface area contributed by atoms with E-state index in [1.54, 1.807) is 22.7 Å². The molecule has 0 spiro atoms. The first-order valence-corrected chi connectivity index (χ1v) is 7.88. The quantitative estimate of drug-likeness (QED) is 0.495. The molecule has 0 atom stereocenters. The Hall–Kier alpha value is -1.77. The van der Waals surface area contributed by atoms with E-state index in [4.69, 9.17) is 5.84 Å². The molecule has 0 radical (unpaired) electrons. The van der Waals surface area contributed by atoms with Crippen molar-refractivity contribution in [3.63, 3.8) is 0 Å². The summed E-state index contributed by atoms with van der Waals surface area (Å²) in [7, 11) is 0. The molecule has 8 heteroatoms. The summed E-state index contributed by atoms with van der Waals surface area (Å²) >= 11 is 3.24. The van der Waals surface area contributed by atoms with Crippen molar-refractivity contribution in [3.8, 4) is 0 Å². The van der Waals surface area contributed by atoms with Gasteiger partial charge >= 0.3 is 0 Å². The van der Waals surface area contributed by atoms with Crippen molar-refractivity contribution in [3.05, 3.63) is 27.5 Å². The Morgan fingerprint density at radius 2 is 2.25 bits per heavy atom. The van der Waals surface area contributed by atoms with Crippen LogP contribution in [0.5, 0.6) is 0 Å². The number of rotatable bonds is 5. The van der Waals surface area contributed by atoms with Crippen LogP contribution >= 0.6 is 22.7 Å². The number of nitrogen functional groups attached to an aromatic ring is 1. The number of anilines is 2. The van der Waals surface area contributed by atoms with E-state index in [2.05, 4.69) is 44.1 Å². The molecule has 0 fully saturated rings. The van der Waals surface area contributed by atoms with E-state index < -0.39 is 0 Å². The number of aryl methyl sites for hydroxylation is 1. The van der Waals surface area contributed by atoms with E-state index in [1.807, 2.05) is 5.51 Å². The van der Waals surface area contributed by atoms with Crippen LogP contribution in [0.1, 0.15) is 10.6 Å². The maximum atomic E-state index is 5.42. The van der Waals surface area contributed by atoms with Gasteiger partial charge in [-0.2, -0.15) is 4.98 Å². The molecule has 0 bridgehead atoms. The second kappa shape index (κ2) is 5.70. The lowest BCUT2D eigenvalue weighted by molar-refractivity contribution is 0.968. The smallest absolute Gasteiger partial charge is 0.240 e. The first-order valence-electron chi connectivity index (χ1n) is 6.12. The van der Waals surface area contributed by atoms with Crippen molar-refractivity contribution < 1.29 is 0 Å². The number of hydrogen-bond donors (Lipinski definition) is 3. The molecular formula is C12H14N6S2. The van der Waals surface area contributed by atoms with Crippen molar-refractivity contribution in [2.45, 2.75) is 13.3 Å². The van der Waals surface area contributed by atoms with Gasteiger partial charge in [-0.1, -0.05) is 0 Å². The van der Waals surface area contributed by atoms with Crippen molar-refractivity contribution in [1.82, 2.24) is 15.0 Å². The molecule has 20 heavy (non-hydrogen) atoms. The van der Waals surface area contributed by atoms with Crippen LogP contribution in [0.3, 0.4) is 0 Å². The molecule has 0 saturated carbocycles. The Morgan fingerprint density at radius 3 is 3.00 bits per heavy atom. The van der Waals surface area contributed by atoms with E-state index in [-0.39, 0.29) is 0 Å². The number of nitrogens with two attached hydrogens (primary N) is 1. The van der Waals surface area contributed by atoms with Crippen LogP contribution in [0.25, 0.3) is 10.2 Å². The number of hydrazine groups is 1. The predicted molar refractivity (Wildman–Crippen MR) is 84.3 cm³/mol. The van der Waals surface area contributed by atoms with E-state index >= 15 is 0 Å². The number of thiophene rings is 1. The van der Waals surface area contributed by atoms with Crippen LogP contribution in [-0.4, -0.2) is 21.5 Å². The molecule has 0 saturated heterocycles. The van der Waals surface area contributed by atoms with Gasteiger partial charge in [-0.3, -0.25) is 5.43 Å². The molecule has 0 aromatic carbocycles. The molecule has 0 aliphatic carbocycles. The fourth-order valence-electron chi connectivity index (χ4n) is 1.91. The molecular weight excluding hydrogens is 292 g/mol. The summed E-state index contributed by atoms with van der Waals surface area (Å²) < 4.78 is 0. The molecule has 0 unspecified atom stereocenters. The molecule has 0 aliphatic heterocycles. The van der Waals surface area contributed by atoms with Gasteiger partial charge < -0.3 is 5.32 Å². The molecule has 3 rings (SSSR count). The highest BCUT2D eigenvalue weighted by molar-refractivity contribution is 7.18. The Bertz CT molecular complexity index is 706. The van der Waals surface area contributed by atoms with Crippen LogP contribution in [0.15, 0.2) is 17.0 Å². The van der Waals surface area contributed by atoms with E-state index in [0.717, 1.165) is 34.7 Å². The Balaban J connectivity index is 1.81. The number of hydrogen-bond acceptors (Lipinski definition) is 8. The number of nitrogens with one attached hydrogen (secondary N) is 2. The third-order valence-corrected chi connectivity index (χ3v) is 4.38. The van der Waals surface area contributed by atoms with E-state index in [1.165, 1.54) is 4.88 Å². The lowest BCUT2D eigenvalue weighted by atomic mass is 10.3. The Morgan fingerprint density at radius 1 is 1.35 bits per heavy atom. The SMILES string of the molecule is Cc1cc2c(NCCc3cscn3)nc(NN)nc2s1. The number of nitrogens with zero attached hydrogens (tertiary/aromatic N) is 3. The second-order valence-electron chi connectivity index (χ2n) is 4.27. The Labute approximate surface area is 124 Å². The van der Waals surface area contributed by atoms with Crippen LogP contribution in [0, 0.1) is 6.92 Å². The van der Waals surface area contributed by atoms with Gasteiger partial charge in [0.05, 0.1) is 16.6 Å². The van der Waals surface area contributed by atoms with Gasteiger partial charge in [0, 0.05) is 23.2 Å². The first-order chi connectivity index (χ1) is 9.76. The molecule has 104 valence electrons. The van der Waals surface area contributed by atoms with Crippen LogP contribution in [0.4, 0.5) is 11.8 Å². The largest absolute Gasteiger partial charge is 0.369 e. The van der Waals surface area contributed by atoms with Gasteiger partial charge in [0.15, 0.2) is 0 Å². The fourth-order valence-corrected chi connectivity index (χ4v) is 3.38. The molecule has 3 heterocycles. The summed E-state index contributed by atoms with van der Waals surface area (Å²) in [6.07, 6.45) is 0.865. The average Bonchev–Trinajstić information content (AvgIpc) is 3.06. The number of fused-ring (bicyclic) bond motifs is 1. The minimum absolute atomic E-state index is 0.426. The highest BCUT2D eigenvalue weighted by Crippen LogP contribution is 2.29. The van der Waals surface area contributed by atoms with E-state index in [9.17, 15) is 0 Å². The summed E-state index contributed by atoms with van der Waals surface area (Å²) in [6.45, 7) is 2.83. The second-order valence-corrected chi connectivity index (χ2v) is 6.23. The topological polar surface area (TPSA) is 88.8 Å². The monoisotopic (exact) mass is 306 g/mol. The molecule has 0 amide bonds. The number of thiazole rings is 1. The number of aromatic nitrogens is 3. The lowest BCUT2D eigenvalue weighted by Crippen LogP contribution is -2.13. The molecule has 0 aliphatic rings. The van der Waals surface area contributed by atoms with Crippen molar-refractivity contribution in [2.24, 2.45) is 5.84 Å². The van der Waals surface area contributed by atoms with Gasteiger partial charge in [-0.15, -0.1) is 22.7 Å². The zero-order chi connectivity index (χ0) is 13.9. The predicted octanol–water partition coefficient (Wildman–Crippen LogP) is 2.40. The van der Waals surface area contributed by atoms with Gasteiger partial charge in [-0.25, -0.2) is 15.8 Å². The van der Waals surface area contributed by atoms with Crippen molar-refractivity contribution >= 4 is 44.7 Å². The molecule has 4 N–H and O–H groups in total. The average molecular weight is 306 g/mol. The third kappa shape index (κ3) is 2.72. The fraction of sp³-hybridized carbons (Fsp3) is 0.250.